The molecule has 17 heavy (non-hydrogen) atoms. The Morgan fingerprint density at radius 1 is 1.47 bits per heavy atom. The summed E-state index contributed by atoms with van der Waals surface area (Å²) in [6, 6.07) is 8.00. The molecule has 1 fully saturated rings. The van der Waals surface area contributed by atoms with Gasteiger partial charge in [0, 0.05) is 25.7 Å². The molecule has 0 aliphatic carbocycles. The highest BCUT2D eigenvalue weighted by molar-refractivity contribution is 5.95. The minimum atomic E-state index is -0.272. The maximum atomic E-state index is 11.7. The van der Waals surface area contributed by atoms with Crippen molar-refractivity contribution >= 4 is 11.7 Å². The molecular weight excluding hydrogens is 216 g/mol. The Labute approximate surface area is 102 Å². The first-order chi connectivity index (χ1) is 8.24. The second-order valence-electron chi connectivity index (χ2n) is 4.26. The molecule has 1 aliphatic heterocycles. The maximum absolute atomic E-state index is 11.7. The Balaban J connectivity index is 2.33. The van der Waals surface area contributed by atoms with Crippen LogP contribution in [0.15, 0.2) is 24.3 Å². The van der Waals surface area contributed by atoms with Gasteiger partial charge >= 0.3 is 5.97 Å². The summed E-state index contributed by atoms with van der Waals surface area (Å²) in [5.41, 5.74) is 1.61. The van der Waals surface area contributed by atoms with E-state index in [0.717, 1.165) is 25.3 Å². The molecule has 1 saturated heterocycles. The van der Waals surface area contributed by atoms with Crippen LogP contribution in [0.1, 0.15) is 17.3 Å². The lowest BCUT2D eigenvalue weighted by Crippen LogP contribution is -2.50. The largest absolute Gasteiger partial charge is 0.465 e. The molecule has 1 atom stereocenters. The highest BCUT2D eigenvalue weighted by Crippen LogP contribution is 2.23. The normalized spacial score (nSPS) is 20.1. The average Bonchev–Trinajstić information content (AvgIpc) is 2.38. The summed E-state index contributed by atoms with van der Waals surface area (Å²) in [5.74, 6) is -0.272. The van der Waals surface area contributed by atoms with Gasteiger partial charge < -0.3 is 15.0 Å². The zero-order valence-electron chi connectivity index (χ0n) is 10.3. The van der Waals surface area contributed by atoms with Crippen LogP contribution in [0, 0.1) is 0 Å². The van der Waals surface area contributed by atoms with Crippen LogP contribution >= 0.6 is 0 Å². The van der Waals surface area contributed by atoms with Crippen LogP contribution in [-0.4, -0.2) is 38.8 Å². The molecule has 0 spiro atoms. The first kappa shape index (κ1) is 11.9. The molecule has 0 unspecified atom stereocenters. The monoisotopic (exact) mass is 234 g/mol. The summed E-state index contributed by atoms with van der Waals surface area (Å²) in [6.07, 6.45) is 0. The summed E-state index contributed by atoms with van der Waals surface area (Å²) < 4.78 is 4.82. The van der Waals surface area contributed by atoms with E-state index in [1.807, 2.05) is 24.3 Å². The van der Waals surface area contributed by atoms with Gasteiger partial charge in [-0.2, -0.15) is 0 Å². The van der Waals surface area contributed by atoms with Crippen molar-refractivity contribution in [3.63, 3.8) is 0 Å². The average molecular weight is 234 g/mol. The Kier molecular flexibility index (Phi) is 3.64. The van der Waals surface area contributed by atoms with Crippen molar-refractivity contribution in [2.45, 2.75) is 13.0 Å². The molecule has 2 rings (SSSR count). The minimum absolute atomic E-state index is 0.272. The van der Waals surface area contributed by atoms with Gasteiger partial charge in [0.05, 0.1) is 18.4 Å². The van der Waals surface area contributed by atoms with Crippen molar-refractivity contribution in [2.24, 2.45) is 0 Å². The molecule has 1 aromatic rings. The molecule has 4 nitrogen and oxygen atoms in total. The van der Waals surface area contributed by atoms with Crippen LogP contribution in [-0.2, 0) is 4.74 Å². The lowest BCUT2D eigenvalue weighted by molar-refractivity contribution is 0.0601. The molecule has 0 radical (unpaired) electrons. The maximum Gasteiger partial charge on any atom is 0.339 e. The number of carbonyl (C=O) groups is 1. The van der Waals surface area contributed by atoms with Gasteiger partial charge in [-0.1, -0.05) is 12.1 Å². The third-order valence-electron chi connectivity index (χ3n) is 3.12. The van der Waals surface area contributed by atoms with E-state index in [4.69, 9.17) is 4.74 Å². The highest BCUT2D eigenvalue weighted by Gasteiger charge is 2.22. The van der Waals surface area contributed by atoms with Crippen LogP contribution < -0.4 is 10.2 Å². The number of nitrogens with one attached hydrogen (secondary N) is 1. The fourth-order valence-corrected chi connectivity index (χ4v) is 2.21. The van der Waals surface area contributed by atoms with E-state index in [2.05, 4.69) is 17.1 Å². The zero-order valence-corrected chi connectivity index (χ0v) is 10.3. The molecule has 0 aromatic heterocycles. The van der Waals surface area contributed by atoms with E-state index in [9.17, 15) is 4.79 Å². The first-order valence-corrected chi connectivity index (χ1v) is 5.88. The zero-order chi connectivity index (χ0) is 12.3. The molecular formula is C13H18N2O2. The summed E-state index contributed by atoms with van der Waals surface area (Å²) >= 11 is 0. The molecule has 0 saturated carbocycles. The van der Waals surface area contributed by atoms with Crippen molar-refractivity contribution in [3.05, 3.63) is 29.8 Å². The number of nitrogens with zero attached hydrogens (tertiary/aromatic N) is 1. The quantitative estimate of drug-likeness (QED) is 0.782. The number of ether oxygens (including phenoxy) is 1. The lowest BCUT2D eigenvalue weighted by Gasteiger charge is -2.36. The number of rotatable bonds is 2. The first-order valence-electron chi connectivity index (χ1n) is 5.88. The highest BCUT2D eigenvalue weighted by atomic mass is 16.5. The van der Waals surface area contributed by atoms with Crippen molar-refractivity contribution < 1.29 is 9.53 Å². The van der Waals surface area contributed by atoms with E-state index in [0.29, 0.717) is 11.6 Å². The van der Waals surface area contributed by atoms with Crippen molar-refractivity contribution in [2.75, 3.05) is 31.6 Å². The van der Waals surface area contributed by atoms with Gasteiger partial charge in [0.15, 0.2) is 0 Å². The second-order valence-corrected chi connectivity index (χ2v) is 4.26. The van der Waals surface area contributed by atoms with Gasteiger partial charge in [0.1, 0.15) is 0 Å². The van der Waals surface area contributed by atoms with E-state index in [-0.39, 0.29) is 5.97 Å². The van der Waals surface area contributed by atoms with Crippen LogP contribution in [0.25, 0.3) is 0 Å². The number of carbonyl (C=O) groups excluding carboxylic acids is 1. The molecule has 0 bridgehead atoms. The molecule has 1 N–H and O–H groups in total. The summed E-state index contributed by atoms with van der Waals surface area (Å²) in [4.78, 5) is 14.0. The number of para-hydroxylation sites is 1. The van der Waals surface area contributed by atoms with Gasteiger partial charge in [-0.25, -0.2) is 4.79 Å². The molecule has 0 amide bonds. The minimum Gasteiger partial charge on any atom is -0.465 e. The second kappa shape index (κ2) is 5.19. The van der Waals surface area contributed by atoms with Gasteiger partial charge in [-0.3, -0.25) is 0 Å². The van der Waals surface area contributed by atoms with Crippen LogP contribution in [0.3, 0.4) is 0 Å². The fourth-order valence-electron chi connectivity index (χ4n) is 2.21. The molecule has 1 aromatic carbocycles. The van der Waals surface area contributed by atoms with Crippen LogP contribution in [0.2, 0.25) is 0 Å². The van der Waals surface area contributed by atoms with Crippen LogP contribution in [0.4, 0.5) is 5.69 Å². The number of methoxy groups -OCH3 is 1. The number of anilines is 1. The summed E-state index contributed by atoms with van der Waals surface area (Å²) in [5, 5.41) is 3.34. The van der Waals surface area contributed by atoms with Gasteiger partial charge in [-0.05, 0) is 19.1 Å². The number of hydrogen-bond donors (Lipinski definition) is 1. The van der Waals surface area contributed by atoms with E-state index in [1.54, 1.807) is 0 Å². The molecule has 1 heterocycles. The van der Waals surface area contributed by atoms with Gasteiger partial charge in [-0.15, -0.1) is 0 Å². The van der Waals surface area contributed by atoms with Crippen molar-refractivity contribution in [1.82, 2.24) is 5.32 Å². The van der Waals surface area contributed by atoms with E-state index >= 15 is 0 Å². The number of hydrogen-bond acceptors (Lipinski definition) is 4. The van der Waals surface area contributed by atoms with Crippen LogP contribution in [0.5, 0.6) is 0 Å². The standard InChI is InChI=1S/C13H18N2O2/c1-10-9-14-7-8-15(10)12-6-4-3-5-11(12)13(16)17-2/h3-6,10,14H,7-9H2,1-2H3/t10-/m1/s1. The van der Waals surface area contributed by atoms with Crippen molar-refractivity contribution in [3.8, 4) is 0 Å². The number of benzene rings is 1. The number of esters is 1. The van der Waals surface area contributed by atoms with Crippen molar-refractivity contribution in [1.29, 1.82) is 0 Å². The predicted molar refractivity (Wildman–Crippen MR) is 67.5 cm³/mol. The molecule has 92 valence electrons. The SMILES string of the molecule is COC(=O)c1ccccc1N1CCNC[C@H]1C. The van der Waals surface area contributed by atoms with Gasteiger partial charge in [0.25, 0.3) is 0 Å². The third-order valence-corrected chi connectivity index (χ3v) is 3.12. The fraction of sp³-hybridized carbons (Fsp3) is 0.462. The Bertz CT molecular complexity index is 406. The Hall–Kier alpha value is -1.55. The smallest absolute Gasteiger partial charge is 0.339 e. The molecule has 1 aliphatic rings. The Morgan fingerprint density at radius 2 is 2.24 bits per heavy atom. The Morgan fingerprint density at radius 3 is 2.94 bits per heavy atom. The predicted octanol–water partition coefficient (Wildman–Crippen LogP) is 1.27. The van der Waals surface area contributed by atoms with Gasteiger partial charge in [0.2, 0.25) is 0 Å². The topological polar surface area (TPSA) is 41.6 Å². The summed E-state index contributed by atoms with van der Waals surface area (Å²) in [6.45, 7) is 4.95. The van der Waals surface area contributed by atoms with E-state index in [1.165, 1.54) is 7.11 Å². The third kappa shape index (κ3) is 2.42. The lowest BCUT2D eigenvalue weighted by atomic mass is 10.1. The number of piperazine rings is 1. The summed E-state index contributed by atoms with van der Waals surface area (Å²) in [7, 11) is 1.42. The van der Waals surface area contributed by atoms with E-state index < -0.39 is 0 Å². The molecule has 4 heteroatoms.